The van der Waals surface area contributed by atoms with E-state index in [1.165, 1.54) is 37.3 Å². The number of aliphatic hydroxyl groups excluding tert-OH is 1. The molecule has 218 valence electrons. The predicted molar refractivity (Wildman–Crippen MR) is 151 cm³/mol. The van der Waals surface area contributed by atoms with E-state index in [0.717, 1.165) is 0 Å². The fraction of sp³-hybridized carbons (Fsp3) is 0.370. The van der Waals surface area contributed by atoms with E-state index in [1.807, 2.05) is 0 Å². The number of allylic oxidation sites excluding steroid dienone is 3. The van der Waals surface area contributed by atoms with E-state index < -0.39 is 41.8 Å². The van der Waals surface area contributed by atoms with E-state index in [2.05, 4.69) is 27.8 Å². The van der Waals surface area contributed by atoms with Crippen molar-refractivity contribution in [2.75, 3.05) is 6.54 Å². The van der Waals surface area contributed by atoms with Gasteiger partial charge in [0.25, 0.3) is 0 Å². The molecule has 0 heterocycles. The van der Waals surface area contributed by atoms with Gasteiger partial charge in [-0.3, -0.25) is 24.6 Å². The number of hydrogen-bond acceptors (Lipinski definition) is 7. The van der Waals surface area contributed by atoms with Crippen LogP contribution in [0.5, 0.6) is 5.75 Å². The van der Waals surface area contributed by atoms with Gasteiger partial charge >= 0.3 is 0 Å². The number of primary amides is 1. The Labute approximate surface area is 233 Å². The number of carbonyl (C=O) groups is 4. The molecule has 4 amide bonds. The van der Waals surface area contributed by atoms with Crippen LogP contribution >= 0.6 is 0 Å². The van der Waals surface area contributed by atoms with Crippen molar-refractivity contribution < 1.29 is 29.4 Å². The van der Waals surface area contributed by atoms with Gasteiger partial charge in [0.15, 0.2) is 5.96 Å². The lowest BCUT2D eigenvalue weighted by Gasteiger charge is -2.25. The first-order chi connectivity index (χ1) is 18.8. The number of aromatic hydroxyl groups is 1. The lowest BCUT2D eigenvalue weighted by atomic mass is 10.0. The molecule has 0 spiro atoms. The summed E-state index contributed by atoms with van der Waals surface area (Å²) in [5.41, 5.74) is 11.9. The van der Waals surface area contributed by atoms with Gasteiger partial charge in [0.1, 0.15) is 29.6 Å². The zero-order valence-electron chi connectivity index (χ0n) is 22.7. The highest BCUT2D eigenvalue weighted by molar-refractivity contribution is 5.94. The van der Waals surface area contributed by atoms with Gasteiger partial charge < -0.3 is 42.9 Å². The van der Waals surface area contributed by atoms with E-state index in [0.29, 0.717) is 17.6 Å². The second-order valence-electron chi connectivity index (χ2n) is 9.04. The largest absolute Gasteiger partial charge is 0.508 e. The van der Waals surface area contributed by atoms with Gasteiger partial charge in [-0.05, 0) is 49.6 Å². The molecule has 3 unspecified atom stereocenters. The van der Waals surface area contributed by atoms with Crippen molar-refractivity contribution in [3.05, 3.63) is 66.0 Å². The maximum Gasteiger partial charge on any atom is 0.243 e. The number of carbonyl (C=O) groups excluding carboxylic acids is 4. The fourth-order valence-electron chi connectivity index (χ4n) is 3.52. The van der Waals surface area contributed by atoms with Crippen LogP contribution in [0, 0.1) is 5.41 Å². The van der Waals surface area contributed by atoms with Gasteiger partial charge in [-0.1, -0.05) is 30.4 Å². The summed E-state index contributed by atoms with van der Waals surface area (Å²) in [4.78, 5) is 50.3. The molecule has 1 aromatic carbocycles. The van der Waals surface area contributed by atoms with Crippen LogP contribution < -0.4 is 32.7 Å². The number of benzene rings is 1. The van der Waals surface area contributed by atoms with Crippen LogP contribution in [0.2, 0.25) is 0 Å². The second-order valence-corrected chi connectivity index (χ2v) is 9.04. The molecule has 13 nitrogen and oxygen atoms in total. The highest BCUT2D eigenvalue weighted by atomic mass is 16.3. The van der Waals surface area contributed by atoms with Crippen LogP contribution in [-0.2, 0) is 25.6 Å². The Kier molecular flexibility index (Phi) is 14.0. The normalized spacial score (nSPS) is 13.5. The monoisotopic (exact) mass is 557 g/mol. The summed E-state index contributed by atoms with van der Waals surface area (Å²) in [7, 11) is 0. The van der Waals surface area contributed by atoms with Gasteiger partial charge in [0.2, 0.25) is 23.6 Å². The third-order valence-corrected chi connectivity index (χ3v) is 5.60. The Bertz CT molecular complexity index is 1130. The Morgan fingerprint density at radius 3 is 2.15 bits per heavy atom. The highest BCUT2D eigenvalue weighted by Gasteiger charge is 2.29. The Morgan fingerprint density at radius 2 is 1.60 bits per heavy atom. The number of aliphatic hydroxyl groups is 1. The number of hydrogen-bond donors (Lipinski definition) is 9. The number of amides is 4. The maximum atomic E-state index is 13.2. The van der Waals surface area contributed by atoms with Crippen molar-refractivity contribution in [2.45, 2.75) is 57.7 Å². The average Bonchev–Trinajstić information content (AvgIpc) is 2.88. The second kappa shape index (κ2) is 16.9. The topological polar surface area (TPSA) is 233 Å². The van der Waals surface area contributed by atoms with Gasteiger partial charge in [-0.25, -0.2) is 0 Å². The third kappa shape index (κ3) is 13.1. The maximum absolute atomic E-state index is 13.2. The molecule has 1 rings (SSSR count). The zero-order chi connectivity index (χ0) is 30.2. The van der Waals surface area contributed by atoms with E-state index in [-0.39, 0.29) is 43.3 Å². The Morgan fingerprint density at radius 1 is 1.00 bits per heavy atom. The molecule has 1 aromatic rings. The molecule has 0 aliphatic carbocycles. The molecular formula is C27H39N7O6. The van der Waals surface area contributed by atoms with Crippen molar-refractivity contribution in [3.8, 4) is 5.75 Å². The summed E-state index contributed by atoms with van der Waals surface area (Å²) >= 11 is 0. The predicted octanol–water partition coefficient (Wildman–Crippen LogP) is 0.122. The first kappa shape index (κ1) is 33.2. The Hall–Kier alpha value is -4.81. The third-order valence-electron chi connectivity index (χ3n) is 5.60. The molecule has 0 aliphatic heterocycles. The van der Waals surface area contributed by atoms with Gasteiger partial charge in [-0.15, -0.1) is 0 Å². The minimum absolute atomic E-state index is 0.0104. The zero-order valence-corrected chi connectivity index (χ0v) is 22.7. The molecule has 11 N–H and O–H groups in total. The summed E-state index contributed by atoms with van der Waals surface area (Å²) in [5.74, 6) is -2.86. The van der Waals surface area contributed by atoms with Crippen LogP contribution in [0.15, 0.2) is 60.4 Å². The molecule has 0 aliphatic rings. The molecule has 0 saturated carbocycles. The molecule has 13 heteroatoms. The standard InChI is InChI=1S/C27H39N7O6/c1-4-19(36)10-7-16(2)14-22(24(28)38)34-25(39)21(6-5-13-31-27(29)30)33-26(40)23(32-17(3)35)15-18-8-11-20(37)12-9-18/h4,7-12,21-23,36-37H,2,5-6,13-15H2,1,3H3,(H2,28,38)(H,32,35)(H,33,40)(H,34,39)(H4,29,30,31)/b10-7-,19-4+. The first-order valence-electron chi connectivity index (χ1n) is 12.6. The smallest absolute Gasteiger partial charge is 0.243 e. The number of guanidine groups is 1. The quantitative estimate of drug-likeness (QED) is 0.0444. The summed E-state index contributed by atoms with van der Waals surface area (Å²) in [6.07, 6.45) is 4.78. The van der Waals surface area contributed by atoms with E-state index >= 15 is 0 Å². The number of nitrogens with one attached hydrogen (secondary N) is 5. The van der Waals surface area contributed by atoms with Gasteiger partial charge in [-0.2, -0.15) is 0 Å². The van der Waals surface area contributed by atoms with E-state index in [4.69, 9.17) is 16.9 Å². The van der Waals surface area contributed by atoms with Crippen molar-refractivity contribution in [1.82, 2.24) is 21.3 Å². The average molecular weight is 558 g/mol. The summed E-state index contributed by atoms with van der Waals surface area (Å²) in [5, 5.41) is 36.7. The van der Waals surface area contributed by atoms with E-state index in [1.54, 1.807) is 19.1 Å². The van der Waals surface area contributed by atoms with Crippen LogP contribution in [0.3, 0.4) is 0 Å². The number of phenols is 1. The molecule has 3 atom stereocenters. The highest BCUT2D eigenvalue weighted by Crippen LogP contribution is 2.12. The molecule has 40 heavy (non-hydrogen) atoms. The number of rotatable bonds is 16. The van der Waals surface area contributed by atoms with Crippen LogP contribution in [0.1, 0.15) is 38.7 Å². The summed E-state index contributed by atoms with van der Waals surface area (Å²) < 4.78 is 0. The molecule has 0 radical (unpaired) electrons. The summed E-state index contributed by atoms with van der Waals surface area (Å²) in [6.45, 7) is 6.94. The first-order valence-corrected chi connectivity index (χ1v) is 12.6. The van der Waals surface area contributed by atoms with Crippen molar-refractivity contribution in [2.24, 2.45) is 11.5 Å². The van der Waals surface area contributed by atoms with Crippen LogP contribution in [-0.4, -0.2) is 64.5 Å². The Balaban J connectivity index is 3.08. The van der Waals surface area contributed by atoms with Gasteiger partial charge in [0.05, 0.1) is 0 Å². The lowest BCUT2D eigenvalue weighted by molar-refractivity contribution is -0.133. The summed E-state index contributed by atoms with van der Waals surface area (Å²) in [6, 6.07) is 2.77. The molecular weight excluding hydrogens is 518 g/mol. The number of phenolic OH excluding ortho intramolecular Hbond substituents is 1. The van der Waals surface area contributed by atoms with E-state index in [9.17, 15) is 29.4 Å². The SMILES string of the molecule is C=C(/C=C\C(O)=C/C)CC(NC(=O)C(CCCNC(=N)N)NC(=O)C(Cc1ccc(O)cc1)NC(C)=O)C(N)=O. The van der Waals surface area contributed by atoms with Crippen LogP contribution in [0.25, 0.3) is 0 Å². The minimum Gasteiger partial charge on any atom is -0.508 e. The molecule has 0 saturated heterocycles. The lowest BCUT2D eigenvalue weighted by Crippen LogP contribution is -2.56. The molecule has 0 fully saturated rings. The van der Waals surface area contributed by atoms with Crippen LogP contribution in [0.4, 0.5) is 0 Å². The molecule has 0 aromatic heterocycles. The fourth-order valence-corrected chi connectivity index (χ4v) is 3.52. The van der Waals surface area contributed by atoms with Crippen molar-refractivity contribution >= 4 is 29.6 Å². The van der Waals surface area contributed by atoms with Crippen molar-refractivity contribution in [1.29, 1.82) is 5.41 Å². The van der Waals surface area contributed by atoms with Gasteiger partial charge in [0, 0.05) is 26.3 Å². The molecule has 0 bridgehead atoms. The van der Waals surface area contributed by atoms with Crippen molar-refractivity contribution in [3.63, 3.8) is 0 Å². The number of nitrogens with two attached hydrogens (primary N) is 2. The minimum atomic E-state index is -1.16.